The summed E-state index contributed by atoms with van der Waals surface area (Å²) in [6.45, 7) is -0.533. The van der Waals surface area contributed by atoms with E-state index in [0.717, 1.165) is 4.90 Å². The van der Waals surface area contributed by atoms with Crippen molar-refractivity contribution in [1.29, 1.82) is 0 Å². The van der Waals surface area contributed by atoms with E-state index in [1.165, 1.54) is 37.4 Å². The number of halogens is 1. The molecular weight excluding hydrogens is 448 g/mol. The lowest BCUT2D eigenvalue weighted by atomic mass is 10.1. The van der Waals surface area contributed by atoms with Gasteiger partial charge in [-0.15, -0.1) is 0 Å². The third kappa shape index (κ3) is 4.42. The van der Waals surface area contributed by atoms with E-state index < -0.39 is 30.3 Å². The number of rotatable bonds is 6. The molecule has 9 heteroatoms. The smallest absolute Gasteiger partial charge is 0.338 e. The molecule has 3 aromatic rings. The van der Waals surface area contributed by atoms with Gasteiger partial charge in [0.05, 0.1) is 35.2 Å². The maximum atomic E-state index is 12.6. The fraction of sp³-hybridized carbons (Fsp3) is 0.0833. The number of esters is 1. The van der Waals surface area contributed by atoms with Crippen LogP contribution in [0, 0.1) is 0 Å². The normalized spacial score (nSPS) is 12.4. The van der Waals surface area contributed by atoms with Gasteiger partial charge in [0.25, 0.3) is 17.7 Å². The Kier molecular flexibility index (Phi) is 6.10. The Morgan fingerprint density at radius 1 is 0.939 bits per heavy atom. The summed E-state index contributed by atoms with van der Waals surface area (Å²) in [7, 11) is 1.45. The number of ether oxygens (including phenoxy) is 2. The van der Waals surface area contributed by atoms with Gasteiger partial charge in [-0.1, -0.05) is 23.7 Å². The van der Waals surface area contributed by atoms with Gasteiger partial charge in [-0.05, 0) is 54.6 Å². The van der Waals surface area contributed by atoms with Gasteiger partial charge >= 0.3 is 5.97 Å². The van der Waals surface area contributed by atoms with Crippen molar-refractivity contribution in [2.75, 3.05) is 23.9 Å². The predicted molar refractivity (Wildman–Crippen MR) is 121 cm³/mol. The highest BCUT2D eigenvalue weighted by Gasteiger charge is 2.36. The molecule has 1 heterocycles. The number of anilines is 2. The molecule has 166 valence electrons. The molecule has 0 fully saturated rings. The Hall–Kier alpha value is -4.17. The molecule has 8 nitrogen and oxygen atoms in total. The van der Waals surface area contributed by atoms with Crippen LogP contribution in [0.2, 0.25) is 5.02 Å². The summed E-state index contributed by atoms with van der Waals surface area (Å²) in [5.74, 6) is -1.77. The second-order valence-corrected chi connectivity index (χ2v) is 7.44. The second kappa shape index (κ2) is 9.13. The summed E-state index contributed by atoms with van der Waals surface area (Å²) >= 11 is 5.93. The summed E-state index contributed by atoms with van der Waals surface area (Å²) in [6, 6.07) is 17.0. The Labute approximate surface area is 193 Å². The van der Waals surface area contributed by atoms with E-state index in [-0.39, 0.29) is 5.56 Å². The molecule has 0 saturated heterocycles. The molecule has 3 amide bonds. The number of benzene rings is 3. The first-order valence-corrected chi connectivity index (χ1v) is 10.1. The molecule has 3 aromatic carbocycles. The number of hydrogen-bond acceptors (Lipinski definition) is 6. The van der Waals surface area contributed by atoms with Gasteiger partial charge in [0, 0.05) is 5.02 Å². The zero-order valence-electron chi connectivity index (χ0n) is 17.3. The van der Waals surface area contributed by atoms with Gasteiger partial charge in [-0.25, -0.2) is 9.69 Å². The Morgan fingerprint density at radius 3 is 2.18 bits per heavy atom. The molecule has 1 aliphatic heterocycles. The molecule has 0 unspecified atom stereocenters. The summed E-state index contributed by atoms with van der Waals surface area (Å²) in [4.78, 5) is 50.7. The van der Waals surface area contributed by atoms with Gasteiger partial charge in [0.1, 0.15) is 5.75 Å². The van der Waals surface area contributed by atoms with Crippen molar-refractivity contribution >= 4 is 46.7 Å². The average molecular weight is 465 g/mol. The molecule has 0 spiro atoms. The van der Waals surface area contributed by atoms with Crippen LogP contribution in [-0.4, -0.2) is 37.4 Å². The SMILES string of the molecule is COc1ccc(Cl)cc1NC(=O)COC(=O)c1ccc(N2C(=O)c3ccccc3C2=O)cc1. The lowest BCUT2D eigenvalue weighted by molar-refractivity contribution is -0.119. The number of hydrogen-bond donors (Lipinski definition) is 1. The van der Waals surface area contributed by atoms with Crippen LogP contribution in [0.5, 0.6) is 5.75 Å². The van der Waals surface area contributed by atoms with Gasteiger partial charge in [0.2, 0.25) is 0 Å². The number of nitrogens with one attached hydrogen (secondary N) is 1. The number of nitrogens with zero attached hydrogens (tertiary/aromatic N) is 1. The molecule has 0 aliphatic carbocycles. The first-order valence-electron chi connectivity index (χ1n) is 9.77. The summed E-state index contributed by atoms with van der Waals surface area (Å²) in [5, 5.41) is 2.97. The number of methoxy groups -OCH3 is 1. The largest absolute Gasteiger partial charge is 0.495 e. The van der Waals surface area contributed by atoms with Crippen LogP contribution in [0.4, 0.5) is 11.4 Å². The average Bonchev–Trinajstić information content (AvgIpc) is 3.08. The van der Waals surface area contributed by atoms with E-state index in [9.17, 15) is 19.2 Å². The van der Waals surface area contributed by atoms with Crippen LogP contribution in [0.3, 0.4) is 0 Å². The van der Waals surface area contributed by atoms with Crippen molar-refractivity contribution in [3.63, 3.8) is 0 Å². The molecule has 0 radical (unpaired) electrons. The van der Waals surface area contributed by atoms with Crippen LogP contribution in [0.1, 0.15) is 31.1 Å². The molecule has 1 N–H and O–H groups in total. The number of carbonyl (C=O) groups is 4. The lowest BCUT2D eigenvalue weighted by Crippen LogP contribution is -2.29. The predicted octanol–water partition coefficient (Wildman–Crippen LogP) is 3.94. The molecule has 0 saturated carbocycles. The summed E-state index contributed by atoms with van der Waals surface area (Å²) in [5.41, 5.74) is 1.48. The van der Waals surface area contributed by atoms with Crippen molar-refractivity contribution in [3.8, 4) is 5.75 Å². The summed E-state index contributed by atoms with van der Waals surface area (Å²) in [6.07, 6.45) is 0. The number of fused-ring (bicyclic) bond motifs is 1. The van der Waals surface area contributed by atoms with E-state index in [4.69, 9.17) is 21.1 Å². The Balaban J connectivity index is 1.38. The van der Waals surface area contributed by atoms with E-state index in [1.807, 2.05) is 0 Å². The maximum Gasteiger partial charge on any atom is 0.338 e. The zero-order valence-corrected chi connectivity index (χ0v) is 18.1. The van der Waals surface area contributed by atoms with Crippen molar-refractivity contribution in [2.24, 2.45) is 0 Å². The van der Waals surface area contributed by atoms with Crippen LogP contribution in [-0.2, 0) is 9.53 Å². The number of carbonyl (C=O) groups excluding carboxylic acids is 4. The minimum atomic E-state index is -0.739. The molecule has 0 bridgehead atoms. The highest BCUT2D eigenvalue weighted by atomic mass is 35.5. The Morgan fingerprint density at radius 2 is 1.58 bits per heavy atom. The monoisotopic (exact) mass is 464 g/mol. The van der Waals surface area contributed by atoms with Crippen LogP contribution >= 0.6 is 11.6 Å². The van der Waals surface area contributed by atoms with E-state index in [2.05, 4.69) is 5.32 Å². The molecule has 1 aliphatic rings. The zero-order chi connectivity index (χ0) is 23.5. The van der Waals surface area contributed by atoms with E-state index >= 15 is 0 Å². The van der Waals surface area contributed by atoms with Gasteiger partial charge in [-0.3, -0.25) is 14.4 Å². The van der Waals surface area contributed by atoms with Crippen molar-refractivity contribution in [1.82, 2.24) is 0 Å². The van der Waals surface area contributed by atoms with Crippen molar-refractivity contribution < 1.29 is 28.7 Å². The van der Waals surface area contributed by atoms with Crippen LogP contribution in [0.25, 0.3) is 0 Å². The van der Waals surface area contributed by atoms with Crippen LogP contribution < -0.4 is 15.0 Å². The van der Waals surface area contributed by atoms with Crippen molar-refractivity contribution in [3.05, 3.63) is 88.4 Å². The first-order chi connectivity index (χ1) is 15.9. The first kappa shape index (κ1) is 22.0. The highest BCUT2D eigenvalue weighted by Crippen LogP contribution is 2.29. The minimum Gasteiger partial charge on any atom is -0.495 e. The van der Waals surface area contributed by atoms with Gasteiger partial charge in [-0.2, -0.15) is 0 Å². The number of imide groups is 1. The minimum absolute atomic E-state index is 0.156. The topological polar surface area (TPSA) is 102 Å². The summed E-state index contributed by atoms with van der Waals surface area (Å²) < 4.78 is 10.2. The fourth-order valence-electron chi connectivity index (χ4n) is 3.35. The third-order valence-electron chi connectivity index (χ3n) is 4.93. The van der Waals surface area contributed by atoms with Crippen molar-refractivity contribution in [2.45, 2.75) is 0 Å². The molecule has 33 heavy (non-hydrogen) atoms. The second-order valence-electron chi connectivity index (χ2n) is 7.01. The van der Waals surface area contributed by atoms with E-state index in [1.54, 1.807) is 36.4 Å². The standard InChI is InChI=1S/C24H17ClN2O6/c1-32-20-11-8-15(25)12-19(20)26-21(28)13-33-24(31)14-6-9-16(10-7-14)27-22(29)17-4-2-3-5-18(17)23(27)30/h2-12H,13H2,1H3,(H,26,28). The molecule has 4 rings (SSSR count). The molecule has 0 atom stereocenters. The van der Waals surface area contributed by atoms with Gasteiger partial charge in [0.15, 0.2) is 6.61 Å². The van der Waals surface area contributed by atoms with Crippen LogP contribution in [0.15, 0.2) is 66.7 Å². The van der Waals surface area contributed by atoms with E-state index in [0.29, 0.717) is 33.3 Å². The third-order valence-corrected chi connectivity index (χ3v) is 5.16. The highest BCUT2D eigenvalue weighted by molar-refractivity contribution is 6.34. The number of amides is 3. The fourth-order valence-corrected chi connectivity index (χ4v) is 3.52. The lowest BCUT2D eigenvalue weighted by Gasteiger charge is -2.14. The molecule has 0 aromatic heterocycles. The van der Waals surface area contributed by atoms with Gasteiger partial charge < -0.3 is 14.8 Å². The molecular formula is C24H17ClN2O6. The quantitative estimate of drug-likeness (QED) is 0.438. The maximum absolute atomic E-state index is 12.6. The Bertz CT molecular complexity index is 1240.